The van der Waals surface area contributed by atoms with Crippen LogP contribution < -0.4 is 0 Å². The quantitative estimate of drug-likeness (QED) is 0.737. The van der Waals surface area contributed by atoms with Gasteiger partial charge >= 0.3 is 0 Å². The van der Waals surface area contributed by atoms with Gasteiger partial charge in [-0.15, -0.1) is 0 Å². The van der Waals surface area contributed by atoms with E-state index < -0.39 is 0 Å². The van der Waals surface area contributed by atoms with Gasteiger partial charge in [-0.1, -0.05) is 19.9 Å². The third-order valence-electron chi connectivity index (χ3n) is 2.57. The smallest absolute Gasteiger partial charge is 0.146 e. The minimum absolute atomic E-state index is 0.287. The molecule has 0 aromatic carbocycles. The lowest BCUT2D eigenvalue weighted by Gasteiger charge is -2.18. The van der Waals surface area contributed by atoms with E-state index >= 15 is 0 Å². The molecule has 0 saturated carbocycles. The van der Waals surface area contributed by atoms with Crippen molar-refractivity contribution in [3.05, 3.63) is 29.6 Å². The van der Waals surface area contributed by atoms with Crippen LogP contribution in [0.5, 0.6) is 0 Å². The van der Waals surface area contributed by atoms with Gasteiger partial charge in [0.05, 0.1) is 12.2 Å². The van der Waals surface area contributed by atoms with Crippen LogP contribution in [0.25, 0.3) is 0 Å². The number of pyridine rings is 1. The van der Waals surface area contributed by atoms with E-state index in [-0.39, 0.29) is 5.78 Å². The summed E-state index contributed by atoms with van der Waals surface area (Å²) < 4.78 is 0. The van der Waals surface area contributed by atoms with Gasteiger partial charge in [0, 0.05) is 18.7 Å². The summed E-state index contributed by atoms with van der Waals surface area (Å²) >= 11 is 0. The summed E-state index contributed by atoms with van der Waals surface area (Å²) in [6.07, 6.45) is 0.609. The Balaban J connectivity index is 2.59. The molecule has 0 aliphatic heterocycles. The maximum Gasteiger partial charge on any atom is 0.146 e. The number of hydrogen-bond acceptors (Lipinski definition) is 3. The van der Waals surface area contributed by atoms with Crippen LogP contribution in [0.3, 0.4) is 0 Å². The summed E-state index contributed by atoms with van der Waals surface area (Å²) in [5, 5.41) is 0. The van der Waals surface area contributed by atoms with Crippen LogP contribution in [0.2, 0.25) is 0 Å². The number of carbonyl (C=O) groups is 1. The first-order valence-corrected chi connectivity index (χ1v) is 5.82. The summed E-state index contributed by atoms with van der Waals surface area (Å²) in [4.78, 5) is 17.9. The Bertz CT molecular complexity index is 350. The highest BCUT2D eigenvalue weighted by molar-refractivity contribution is 5.80. The second-order valence-electron chi connectivity index (χ2n) is 3.97. The molecule has 1 rings (SSSR count). The van der Waals surface area contributed by atoms with Crippen LogP contribution in [0.1, 0.15) is 31.7 Å². The molecule has 0 N–H and O–H groups in total. The predicted molar refractivity (Wildman–Crippen MR) is 65.2 cm³/mol. The minimum atomic E-state index is 0.287. The largest absolute Gasteiger partial charge is 0.298 e. The van der Waals surface area contributed by atoms with Gasteiger partial charge < -0.3 is 0 Å². The van der Waals surface area contributed by atoms with E-state index in [1.165, 1.54) is 0 Å². The predicted octanol–water partition coefficient (Wildman–Crippen LogP) is 2.19. The van der Waals surface area contributed by atoms with Gasteiger partial charge in [-0.2, -0.15) is 0 Å². The highest BCUT2D eigenvalue weighted by Crippen LogP contribution is 2.03. The lowest BCUT2D eigenvalue weighted by atomic mass is 10.2. The van der Waals surface area contributed by atoms with E-state index in [1.807, 2.05) is 32.0 Å². The van der Waals surface area contributed by atoms with Crippen LogP contribution >= 0.6 is 0 Å². The number of carbonyl (C=O) groups excluding carboxylic acids is 1. The van der Waals surface area contributed by atoms with E-state index in [9.17, 15) is 4.79 Å². The standard InChI is InChI=1S/C13H20N2O/c1-4-13(16)10-15(5-2)9-12-8-6-7-11(3)14-12/h6-8H,4-5,9-10H2,1-3H3. The zero-order valence-electron chi connectivity index (χ0n) is 10.4. The van der Waals surface area contributed by atoms with E-state index in [1.54, 1.807) is 0 Å². The highest BCUT2D eigenvalue weighted by Gasteiger charge is 2.08. The fraction of sp³-hybridized carbons (Fsp3) is 0.538. The molecule has 3 nitrogen and oxygen atoms in total. The third-order valence-corrected chi connectivity index (χ3v) is 2.57. The topological polar surface area (TPSA) is 33.2 Å². The maximum absolute atomic E-state index is 11.4. The molecule has 0 spiro atoms. The van der Waals surface area contributed by atoms with Gasteiger partial charge in [0.15, 0.2) is 0 Å². The van der Waals surface area contributed by atoms with Crippen molar-refractivity contribution >= 4 is 5.78 Å². The second kappa shape index (κ2) is 6.38. The van der Waals surface area contributed by atoms with Gasteiger partial charge in [0.1, 0.15) is 5.78 Å². The number of hydrogen-bond donors (Lipinski definition) is 0. The Labute approximate surface area is 97.5 Å². The van der Waals surface area contributed by atoms with Crippen LogP contribution in [0, 0.1) is 6.92 Å². The van der Waals surface area contributed by atoms with E-state index in [0.29, 0.717) is 13.0 Å². The minimum Gasteiger partial charge on any atom is -0.298 e. The van der Waals surface area contributed by atoms with Crippen LogP contribution in [-0.4, -0.2) is 28.8 Å². The Morgan fingerprint density at radius 1 is 1.38 bits per heavy atom. The molecular formula is C13H20N2O. The SMILES string of the molecule is CCC(=O)CN(CC)Cc1cccc(C)n1. The van der Waals surface area contributed by atoms with Crippen molar-refractivity contribution in [2.45, 2.75) is 33.7 Å². The molecule has 88 valence electrons. The molecule has 0 unspecified atom stereocenters. The zero-order chi connectivity index (χ0) is 12.0. The van der Waals surface area contributed by atoms with Gasteiger partial charge in [-0.3, -0.25) is 14.7 Å². The van der Waals surface area contributed by atoms with Crippen molar-refractivity contribution in [2.75, 3.05) is 13.1 Å². The number of ketones is 1. The molecule has 0 atom stereocenters. The van der Waals surface area contributed by atoms with E-state index in [4.69, 9.17) is 0 Å². The number of nitrogens with zero attached hydrogens (tertiary/aromatic N) is 2. The Kier molecular flexibility index (Phi) is 5.12. The van der Waals surface area contributed by atoms with E-state index in [0.717, 1.165) is 24.5 Å². The fourth-order valence-electron chi connectivity index (χ4n) is 1.56. The number of rotatable bonds is 6. The summed E-state index contributed by atoms with van der Waals surface area (Å²) in [5.41, 5.74) is 2.06. The average molecular weight is 220 g/mol. The van der Waals surface area contributed by atoms with Gasteiger partial charge in [-0.25, -0.2) is 0 Å². The van der Waals surface area contributed by atoms with Crippen molar-refractivity contribution in [3.8, 4) is 0 Å². The molecule has 0 bridgehead atoms. The van der Waals surface area contributed by atoms with Gasteiger partial charge in [0.25, 0.3) is 0 Å². The van der Waals surface area contributed by atoms with Crippen LogP contribution in [0.15, 0.2) is 18.2 Å². The Morgan fingerprint density at radius 3 is 2.69 bits per heavy atom. The molecule has 16 heavy (non-hydrogen) atoms. The first-order chi connectivity index (χ1) is 7.65. The van der Waals surface area contributed by atoms with Crippen molar-refractivity contribution in [2.24, 2.45) is 0 Å². The van der Waals surface area contributed by atoms with Crippen LogP contribution in [-0.2, 0) is 11.3 Å². The zero-order valence-corrected chi connectivity index (χ0v) is 10.4. The molecule has 0 aliphatic rings. The van der Waals surface area contributed by atoms with Crippen molar-refractivity contribution < 1.29 is 4.79 Å². The molecule has 0 amide bonds. The number of aromatic nitrogens is 1. The summed E-state index contributed by atoms with van der Waals surface area (Å²) in [7, 11) is 0. The van der Waals surface area contributed by atoms with Crippen LogP contribution in [0.4, 0.5) is 0 Å². The molecule has 0 fully saturated rings. The Hall–Kier alpha value is -1.22. The van der Waals surface area contributed by atoms with Crippen molar-refractivity contribution in [1.82, 2.24) is 9.88 Å². The summed E-state index contributed by atoms with van der Waals surface area (Å²) in [6, 6.07) is 6.00. The number of aryl methyl sites for hydroxylation is 1. The average Bonchev–Trinajstić information content (AvgIpc) is 2.28. The van der Waals surface area contributed by atoms with Gasteiger partial charge in [-0.05, 0) is 25.6 Å². The highest BCUT2D eigenvalue weighted by atomic mass is 16.1. The fourth-order valence-corrected chi connectivity index (χ4v) is 1.56. The first kappa shape index (κ1) is 12.8. The maximum atomic E-state index is 11.4. The third kappa shape index (κ3) is 4.11. The summed E-state index contributed by atoms with van der Waals surface area (Å²) in [5.74, 6) is 0.287. The summed E-state index contributed by atoms with van der Waals surface area (Å²) in [6.45, 7) is 8.12. The molecule has 1 heterocycles. The van der Waals surface area contributed by atoms with E-state index in [2.05, 4.69) is 16.8 Å². The Morgan fingerprint density at radius 2 is 2.12 bits per heavy atom. The molecule has 0 radical (unpaired) electrons. The number of likely N-dealkylation sites (N-methyl/N-ethyl adjacent to an activating group) is 1. The molecule has 3 heteroatoms. The second-order valence-corrected chi connectivity index (χ2v) is 3.97. The molecule has 0 aliphatic carbocycles. The first-order valence-electron chi connectivity index (χ1n) is 5.82. The van der Waals surface area contributed by atoms with Crippen molar-refractivity contribution in [1.29, 1.82) is 0 Å². The van der Waals surface area contributed by atoms with Crippen molar-refractivity contribution in [3.63, 3.8) is 0 Å². The molecule has 1 aromatic heterocycles. The normalized spacial score (nSPS) is 10.8. The molecule has 0 saturated heterocycles. The molecule has 1 aromatic rings. The monoisotopic (exact) mass is 220 g/mol. The lowest BCUT2D eigenvalue weighted by molar-refractivity contribution is -0.120. The number of Topliss-reactive ketones (excluding diaryl/α,β-unsaturated/α-hetero) is 1. The molecular weight excluding hydrogens is 200 g/mol. The lowest BCUT2D eigenvalue weighted by Crippen LogP contribution is -2.29. The van der Waals surface area contributed by atoms with Gasteiger partial charge in [0.2, 0.25) is 0 Å².